The van der Waals surface area contributed by atoms with Crippen LogP contribution in [0.3, 0.4) is 0 Å². The van der Waals surface area contributed by atoms with E-state index in [2.05, 4.69) is 10.4 Å². The maximum atomic E-state index is 13.7. The van der Waals surface area contributed by atoms with Crippen LogP contribution in [0.1, 0.15) is 58.4 Å². The number of aryl methyl sites for hydroxylation is 1. The molecular weight excluding hydrogens is 364 g/mol. The summed E-state index contributed by atoms with van der Waals surface area (Å²) in [5.41, 5.74) is 3.60. The maximum absolute atomic E-state index is 13.7. The molecule has 0 radical (unpaired) electrons. The molecule has 0 bridgehead atoms. The van der Waals surface area contributed by atoms with Gasteiger partial charge in [0.25, 0.3) is 5.91 Å². The van der Waals surface area contributed by atoms with E-state index in [0.717, 1.165) is 73.2 Å². The first-order valence-electron chi connectivity index (χ1n) is 9.55. The van der Waals surface area contributed by atoms with Crippen molar-refractivity contribution in [2.75, 3.05) is 0 Å². The molecule has 0 fully saturated rings. The molecule has 28 heavy (non-hydrogen) atoms. The minimum Gasteiger partial charge on any atom is -0.469 e. The molecule has 1 unspecified atom stereocenters. The van der Waals surface area contributed by atoms with Crippen LogP contribution in [0.25, 0.3) is 5.69 Å². The van der Waals surface area contributed by atoms with Gasteiger partial charge in [0.05, 0.1) is 18.0 Å². The Morgan fingerprint density at radius 1 is 1.14 bits per heavy atom. The van der Waals surface area contributed by atoms with E-state index in [4.69, 9.17) is 4.42 Å². The molecular formula is C21H19F2N3O2. The SMILES string of the molecule is O=C(NC1CCCc2occc21)c1nn(-c2ccc(F)c(F)c2)c2c1CCC2. The van der Waals surface area contributed by atoms with E-state index in [1.807, 2.05) is 6.07 Å². The molecule has 0 saturated carbocycles. The number of nitrogens with one attached hydrogen (secondary N) is 1. The van der Waals surface area contributed by atoms with Crippen LogP contribution in [-0.4, -0.2) is 15.7 Å². The smallest absolute Gasteiger partial charge is 0.272 e. The number of nitrogens with zero attached hydrogens (tertiary/aromatic N) is 2. The average molecular weight is 383 g/mol. The quantitative estimate of drug-likeness (QED) is 0.743. The van der Waals surface area contributed by atoms with Gasteiger partial charge in [-0.3, -0.25) is 4.79 Å². The lowest BCUT2D eigenvalue weighted by Gasteiger charge is -2.22. The Morgan fingerprint density at radius 2 is 2.04 bits per heavy atom. The summed E-state index contributed by atoms with van der Waals surface area (Å²) in [5, 5.41) is 7.56. The van der Waals surface area contributed by atoms with Crippen molar-refractivity contribution >= 4 is 5.91 Å². The van der Waals surface area contributed by atoms with Gasteiger partial charge in [-0.2, -0.15) is 5.10 Å². The highest BCUT2D eigenvalue weighted by atomic mass is 19.2. The number of rotatable bonds is 3. The molecule has 3 aromatic rings. The molecule has 7 heteroatoms. The summed E-state index contributed by atoms with van der Waals surface area (Å²) in [7, 11) is 0. The van der Waals surface area contributed by atoms with Crippen LogP contribution in [0.2, 0.25) is 0 Å². The lowest BCUT2D eigenvalue weighted by atomic mass is 9.93. The summed E-state index contributed by atoms with van der Waals surface area (Å²) in [5.74, 6) is -1.15. The third-order valence-corrected chi connectivity index (χ3v) is 5.65. The van der Waals surface area contributed by atoms with Gasteiger partial charge in [0, 0.05) is 29.3 Å². The van der Waals surface area contributed by atoms with Crippen molar-refractivity contribution in [2.45, 2.75) is 44.6 Å². The fraction of sp³-hybridized carbons (Fsp3) is 0.333. The number of carbonyl (C=O) groups is 1. The number of halogens is 2. The van der Waals surface area contributed by atoms with Gasteiger partial charge in [0.2, 0.25) is 0 Å². The van der Waals surface area contributed by atoms with E-state index in [0.29, 0.717) is 11.4 Å². The molecule has 1 aromatic carbocycles. The molecule has 2 heterocycles. The van der Waals surface area contributed by atoms with E-state index in [1.54, 1.807) is 10.9 Å². The topological polar surface area (TPSA) is 60.1 Å². The number of benzene rings is 1. The molecule has 1 N–H and O–H groups in total. The summed E-state index contributed by atoms with van der Waals surface area (Å²) in [6.45, 7) is 0. The van der Waals surface area contributed by atoms with Gasteiger partial charge < -0.3 is 9.73 Å². The van der Waals surface area contributed by atoms with Crippen LogP contribution < -0.4 is 5.32 Å². The van der Waals surface area contributed by atoms with Gasteiger partial charge in [-0.05, 0) is 50.3 Å². The molecule has 2 aliphatic rings. The fourth-order valence-electron chi connectivity index (χ4n) is 4.31. The monoisotopic (exact) mass is 383 g/mol. The molecule has 5 nitrogen and oxygen atoms in total. The average Bonchev–Trinajstić information content (AvgIpc) is 3.40. The van der Waals surface area contributed by atoms with Gasteiger partial charge in [0.1, 0.15) is 5.76 Å². The van der Waals surface area contributed by atoms with Crippen LogP contribution in [0.5, 0.6) is 0 Å². The number of hydrogen-bond acceptors (Lipinski definition) is 3. The molecule has 1 atom stereocenters. The van der Waals surface area contributed by atoms with Crippen molar-refractivity contribution in [3.8, 4) is 5.69 Å². The van der Waals surface area contributed by atoms with Crippen molar-refractivity contribution in [1.29, 1.82) is 0 Å². The Labute approximate surface area is 160 Å². The van der Waals surface area contributed by atoms with E-state index in [1.165, 1.54) is 6.07 Å². The zero-order chi connectivity index (χ0) is 19.3. The van der Waals surface area contributed by atoms with Gasteiger partial charge in [-0.15, -0.1) is 0 Å². The minimum atomic E-state index is -0.930. The third-order valence-electron chi connectivity index (χ3n) is 5.65. The summed E-state index contributed by atoms with van der Waals surface area (Å²) < 4.78 is 34.1. The molecule has 0 spiro atoms. The fourth-order valence-corrected chi connectivity index (χ4v) is 4.31. The Balaban J connectivity index is 1.48. The van der Waals surface area contributed by atoms with Gasteiger partial charge in [-0.1, -0.05) is 0 Å². The Kier molecular flexibility index (Phi) is 4.03. The first-order chi connectivity index (χ1) is 13.6. The molecule has 5 rings (SSSR count). The zero-order valence-electron chi connectivity index (χ0n) is 15.2. The third kappa shape index (κ3) is 2.73. The number of fused-ring (bicyclic) bond motifs is 2. The molecule has 2 aromatic heterocycles. The number of carbonyl (C=O) groups excluding carboxylic acids is 1. The van der Waals surface area contributed by atoms with Gasteiger partial charge >= 0.3 is 0 Å². The molecule has 1 amide bonds. The highest BCUT2D eigenvalue weighted by molar-refractivity contribution is 5.94. The lowest BCUT2D eigenvalue weighted by molar-refractivity contribution is 0.0926. The Hall–Kier alpha value is -2.96. The zero-order valence-corrected chi connectivity index (χ0v) is 15.2. The Bertz CT molecular complexity index is 1070. The minimum absolute atomic E-state index is 0.0968. The van der Waals surface area contributed by atoms with E-state index >= 15 is 0 Å². The van der Waals surface area contributed by atoms with Gasteiger partial charge in [0.15, 0.2) is 17.3 Å². The normalized spacial score (nSPS) is 18.0. The van der Waals surface area contributed by atoms with Crippen molar-refractivity contribution in [3.05, 3.63) is 70.4 Å². The Morgan fingerprint density at radius 3 is 2.89 bits per heavy atom. The second kappa shape index (κ2) is 6.58. The molecule has 0 saturated heterocycles. The highest BCUT2D eigenvalue weighted by Crippen LogP contribution is 2.32. The van der Waals surface area contributed by atoms with E-state index in [-0.39, 0.29) is 11.9 Å². The van der Waals surface area contributed by atoms with Crippen molar-refractivity contribution in [1.82, 2.24) is 15.1 Å². The predicted octanol–water partition coefficient (Wildman–Crippen LogP) is 4.04. The largest absolute Gasteiger partial charge is 0.469 e. The second-order valence-electron chi connectivity index (χ2n) is 7.36. The number of aromatic nitrogens is 2. The van der Waals surface area contributed by atoms with Gasteiger partial charge in [-0.25, -0.2) is 13.5 Å². The highest BCUT2D eigenvalue weighted by Gasteiger charge is 2.30. The van der Waals surface area contributed by atoms with E-state index in [9.17, 15) is 13.6 Å². The number of furan rings is 1. The summed E-state index contributed by atoms with van der Waals surface area (Å²) in [4.78, 5) is 13.0. The van der Waals surface area contributed by atoms with E-state index < -0.39 is 11.6 Å². The van der Waals surface area contributed by atoms with Crippen LogP contribution in [0.15, 0.2) is 34.9 Å². The summed E-state index contributed by atoms with van der Waals surface area (Å²) >= 11 is 0. The lowest BCUT2D eigenvalue weighted by Crippen LogP contribution is -2.31. The molecule has 2 aliphatic carbocycles. The van der Waals surface area contributed by atoms with Crippen molar-refractivity contribution < 1.29 is 18.0 Å². The first kappa shape index (κ1) is 17.2. The molecule has 0 aliphatic heterocycles. The van der Waals surface area contributed by atoms with Crippen LogP contribution in [-0.2, 0) is 19.3 Å². The number of hydrogen-bond donors (Lipinski definition) is 1. The summed E-state index contributed by atoms with van der Waals surface area (Å²) in [6, 6.07) is 5.48. The standard InChI is InChI=1S/C21H19F2N3O2/c22-15-8-7-12(11-16(15)23)26-18-5-1-3-14(18)20(25-26)21(27)24-17-4-2-6-19-13(17)9-10-28-19/h7-11,17H,1-6H2,(H,24,27). The second-order valence-corrected chi connectivity index (χ2v) is 7.36. The van der Waals surface area contributed by atoms with Crippen molar-refractivity contribution in [2.24, 2.45) is 0 Å². The van der Waals surface area contributed by atoms with Crippen LogP contribution in [0, 0.1) is 11.6 Å². The maximum Gasteiger partial charge on any atom is 0.272 e. The molecule has 144 valence electrons. The first-order valence-corrected chi connectivity index (χ1v) is 9.55. The van der Waals surface area contributed by atoms with Crippen molar-refractivity contribution in [3.63, 3.8) is 0 Å². The summed E-state index contributed by atoms with van der Waals surface area (Å²) in [6.07, 6.45) is 6.76. The predicted molar refractivity (Wildman–Crippen MR) is 97.4 cm³/mol. The van der Waals surface area contributed by atoms with Crippen LogP contribution >= 0.6 is 0 Å². The van der Waals surface area contributed by atoms with Crippen LogP contribution in [0.4, 0.5) is 8.78 Å². The number of amides is 1.